The van der Waals surface area contributed by atoms with Gasteiger partial charge in [-0.2, -0.15) is 0 Å². The summed E-state index contributed by atoms with van der Waals surface area (Å²) in [6.07, 6.45) is 5.83. The van der Waals surface area contributed by atoms with E-state index < -0.39 is 12.7 Å². The fraction of sp³-hybridized carbons (Fsp3) is 0.545. The normalized spacial score (nSPS) is 16.5. The molecule has 5 nitrogen and oxygen atoms in total. The molecular weight excluding hydrogens is 340 g/mol. The van der Waals surface area contributed by atoms with Crippen molar-refractivity contribution in [3.8, 4) is 0 Å². The van der Waals surface area contributed by atoms with E-state index in [9.17, 15) is 15.0 Å². The second kappa shape index (κ2) is 13.2. The molecule has 0 aliphatic carbocycles. The van der Waals surface area contributed by atoms with Gasteiger partial charge in [0.1, 0.15) is 6.10 Å². The highest BCUT2D eigenvalue weighted by atomic mass is 16.3. The zero-order valence-electron chi connectivity index (χ0n) is 17.5. The maximum atomic E-state index is 11.6. The SMILES string of the molecule is C=CC(=O)NCC(=NC)/C(C(=C)C(C)CC)=C(/C=C\C(C)CC)C(O)CO. The standard InChI is InChI=1S/C22H36N2O3/c1-8-15(4)11-12-18(20(26)14-25)22(17(6)16(5)9-2)19(23-7)13-24-21(27)10-3/h10-12,15-16,20,25-26H,3,6,8-9,13-14H2,1-2,4-5,7H3,(H,24,27)/b12-11-,22-18-,23-19?. The van der Waals surface area contributed by atoms with E-state index in [1.165, 1.54) is 6.08 Å². The number of carbonyl (C=O) groups excluding carboxylic acids is 1. The summed E-state index contributed by atoms with van der Waals surface area (Å²) in [5, 5.41) is 22.8. The summed E-state index contributed by atoms with van der Waals surface area (Å²) in [6.45, 7) is 15.7. The number of hydrogen-bond acceptors (Lipinski definition) is 4. The number of nitrogens with zero attached hydrogens (tertiary/aromatic N) is 1. The molecule has 0 saturated carbocycles. The molecule has 0 rings (SSSR count). The van der Waals surface area contributed by atoms with Gasteiger partial charge in [0, 0.05) is 12.6 Å². The van der Waals surface area contributed by atoms with Crippen molar-refractivity contribution in [1.29, 1.82) is 0 Å². The fourth-order valence-electron chi connectivity index (χ4n) is 2.42. The van der Waals surface area contributed by atoms with Gasteiger partial charge in [0.2, 0.25) is 5.91 Å². The maximum absolute atomic E-state index is 11.6. The average Bonchev–Trinajstić information content (AvgIpc) is 2.70. The van der Waals surface area contributed by atoms with Crippen LogP contribution in [0.2, 0.25) is 0 Å². The molecular formula is C22H36N2O3. The Labute approximate surface area is 164 Å². The summed E-state index contributed by atoms with van der Waals surface area (Å²) in [4.78, 5) is 15.9. The van der Waals surface area contributed by atoms with Crippen molar-refractivity contribution >= 4 is 11.6 Å². The Kier molecular flexibility index (Phi) is 12.3. The van der Waals surface area contributed by atoms with E-state index in [2.05, 4.69) is 51.2 Å². The van der Waals surface area contributed by atoms with Gasteiger partial charge in [-0.25, -0.2) is 0 Å². The van der Waals surface area contributed by atoms with Crippen LogP contribution in [-0.2, 0) is 4.79 Å². The fourth-order valence-corrected chi connectivity index (χ4v) is 2.42. The molecule has 0 bridgehead atoms. The molecule has 0 radical (unpaired) electrons. The third kappa shape index (κ3) is 8.06. The smallest absolute Gasteiger partial charge is 0.243 e. The summed E-state index contributed by atoms with van der Waals surface area (Å²) in [7, 11) is 1.64. The zero-order valence-corrected chi connectivity index (χ0v) is 17.5. The second-order valence-electron chi connectivity index (χ2n) is 6.70. The number of amides is 1. The predicted molar refractivity (Wildman–Crippen MR) is 114 cm³/mol. The first-order valence-corrected chi connectivity index (χ1v) is 9.53. The summed E-state index contributed by atoms with van der Waals surface area (Å²) in [6, 6.07) is 0. The lowest BCUT2D eigenvalue weighted by molar-refractivity contribution is -0.116. The lowest BCUT2D eigenvalue weighted by Gasteiger charge is -2.24. The molecule has 3 N–H and O–H groups in total. The van der Waals surface area contributed by atoms with E-state index in [1.807, 2.05) is 12.2 Å². The number of aliphatic imine (C=N–C) groups is 1. The van der Waals surface area contributed by atoms with Crippen molar-refractivity contribution in [1.82, 2.24) is 5.32 Å². The van der Waals surface area contributed by atoms with Gasteiger partial charge in [-0.05, 0) is 35.5 Å². The maximum Gasteiger partial charge on any atom is 0.243 e. The topological polar surface area (TPSA) is 81.9 Å². The Morgan fingerprint density at radius 1 is 1.26 bits per heavy atom. The zero-order chi connectivity index (χ0) is 21.0. The van der Waals surface area contributed by atoms with Gasteiger partial charge in [-0.15, -0.1) is 0 Å². The molecule has 0 aromatic heterocycles. The van der Waals surface area contributed by atoms with Crippen LogP contribution >= 0.6 is 0 Å². The molecule has 0 aliphatic heterocycles. The van der Waals surface area contributed by atoms with Crippen LogP contribution in [0.5, 0.6) is 0 Å². The summed E-state index contributed by atoms with van der Waals surface area (Å²) in [5.41, 5.74) is 2.68. The van der Waals surface area contributed by atoms with E-state index >= 15 is 0 Å². The minimum absolute atomic E-state index is 0.157. The Morgan fingerprint density at radius 3 is 2.33 bits per heavy atom. The van der Waals surface area contributed by atoms with Gasteiger partial charge in [0.05, 0.1) is 18.9 Å². The van der Waals surface area contributed by atoms with Crippen LogP contribution < -0.4 is 5.32 Å². The number of rotatable bonds is 12. The first kappa shape index (κ1) is 25.0. The van der Waals surface area contributed by atoms with Crippen molar-refractivity contribution in [3.63, 3.8) is 0 Å². The number of aliphatic hydroxyl groups is 2. The minimum Gasteiger partial charge on any atom is -0.393 e. The Hall–Kier alpha value is -1.98. The van der Waals surface area contributed by atoms with Crippen LogP contribution in [0.3, 0.4) is 0 Å². The molecule has 0 aromatic carbocycles. The largest absolute Gasteiger partial charge is 0.393 e. The lowest BCUT2D eigenvalue weighted by Crippen LogP contribution is -2.31. The summed E-state index contributed by atoms with van der Waals surface area (Å²) >= 11 is 0. The van der Waals surface area contributed by atoms with Crippen LogP contribution in [0.4, 0.5) is 0 Å². The molecule has 0 aromatic rings. The molecule has 0 saturated heterocycles. The number of hydrogen-bond donors (Lipinski definition) is 3. The second-order valence-corrected chi connectivity index (χ2v) is 6.70. The molecule has 27 heavy (non-hydrogen) atoms. The molecule has 5 heteroatoms. The van der Waals surface area contributed by atoms with E-state index in [-0.39, 0.29) is 18.4 Å². The Balaban J connectivity index is 6.37. The Bertz CT molecular complexity index is 603. The van der Waals surface area contributed by atoms with Gasteiger partial charge < -0.3 is 15.5 Å². The van der Waals surface area contributed by atoms with E-state index in [0.717, 1.165) is 18.4 Å². The van der Waals surface area contributed by atoms with Crippen molar-refractivity contribution in [2.75, 3.05) is 20.2 Å². The summed E-state index contributed by atoms with van der Waals surface area (Å²) in [5.74, 6) is 0.181. The van der Waals surface area contributed by atoms with E-state index in [1.54, 1.807) is 7.05 Å². The third-order valence-corrected chi connectivity index (χ3v) is 4.77. The Morgan fingerprint density at radius 2 is 1.89 bits per heavy atom. The molecule has 3 unspecified atom stereocenters. The van der Waals surface area contributed by atoms with Gasteiger partial charge in [0.25, 0.3) is 0 Å². The molecule has 1 amide bonds. The van der Waals surface area contributed by atoms with Crippen LogP contribution in [0, 0.1) is 11.8 Å². The molecule has 0 fully saturated rings. The van der Waals surface area contributed by atoms with Crippen LogP contribution in [-0.4, -0.2) is 48.1 Å². The molecule has 0 aliphatic rings. The first-order chi connectivity index (χ1) is 12.8. The lowest BCUT2D eigenvalue weighted by atomic mass is 9.85. The predicted octanol–water partition coefficient (Wildman–Crippen LogP) is 3.21. The van der Waals surface area contributed by atoms with Gasteiger partial charge in [-0.3, -0.25) is 9.79 Å². The number of aliphatic hydroxyl groups excluding tert-OH is 2. The number of carbonyl (C=O) groups is 1. The van der Waals surface area contributed by atoms with Gasteiger partial charge >= 0.3 is 0 Å². The van der Waals surface area contributed by atoms with Crippen molar-refractivity contribution in [2.45, 2.75) is 46.6 Å². The molecule has 0 spiro atoms. The highest BCUT2D eigenvalue weighted by molar-refractivity contribution is 6.08. The number of allylic oxidation sites excluding steroid dienone is 2. The average molecular weight is 377 g/mol. The minimum atomic E-state index is -1.06. The van der Waals surface area contributed by atoms with E-state index in [4.69, 9.17) is 0 Å². The molecule has 152 valence electrons. The van der Waals surface area contributed by atoms with Gasteiger partial charge in [0.15, 0.2) is 0 Å². The summed E-state index contributed by atoms with van der Waals surface area (Å²) < 4.78 is 0. The van der Waals surface area contributed by atoms with Crippen molar-refractivity contribution < 1.29 is 15.0 Å². The molecule has 0 heterocycles. The van der Waals surface area contributed by atoms with Gasteiger partial charge in [-0.1, -0.05) is 59.4 Å². The third-order valence-electron chi connectivity index (χ3n) is 4.77. The number of nitrogens with one attached hydrogen (secondary N) is 1. The van der Waals surface area contributed by atoms with Crippen molar-refractivity contribution in [3.05, 3.63) is 48.1 Å². The van der Waals surface area contributed by atoms with Crippen LogP contribution in [0.15, 0.2) is 53.1 Å². The van der Waals surface area contributed by atoms with E-state index in [0.29, 0.717) is 22.8 Å². The highest BCUT2D eigenvalue weighted by Crippen LogP contribution is 2.27. The van der Waals surface area contributed by atoms with Crippen LogP contribution in [0.25, 0.3) is 0 Å². The highest BCUT2D eigenvalue weighted by Gasteiger charge is 2.22. The first-order valence-electron chi connectivity index (χ1n) is 9.53. The quantitative estimate of drug-likeness (QED) is 0.278. The molecule has 3 atom stereocenters. The monoisotopic (exact) mass is 376 g/mol. The van der Waals surface area contributed by atoms with Crippen molar-refractivity contribution in [2.24, 2.45) is 16.8 Å². The van der Waals surface area contributed by atoms with Crippen LogP contribution in [0.1, 0.15) is 40.5 Å².